The summed E-state index contributed by atoms with van der Waals surface area (Å²) in [6, 6.07) is 22.5. The van der Waals surface area contributed by atoms with Crippen LogP contribution in [0, 0.1) is 12.3 Å². The molecule has 176 valence electrons. The third-order valence-electron chi connectivity index (χ3n) is 7.46. The van der Waals surface area contributed by atoms with Crippen LogP contribution < -0.4 is 0 Å². The summed E-state index contributed by atoms with van der Waals surface area (Å²) < 4.78 is 5.16. The summed E-state index contributed by atoms with van der Waals surface area (Å²) in [5, 5.41) is 8.99. The highest BCUT2D eigenvalue weighted by Gasteiger charge is 2.42. The largest absolute Gasteiger partial charge is 0.472 e. The van der Waals surface area contributed by atoms with E-state index in [1.807, 2.05) is 24.3 Å². The maximum Gasteiger partial charge on any atom is 0.196 e. The summed E-state index contributed by atoms with van der Waals surface area (Å²) in [4.78, 5) is 13.2. The molecule has 0 saturated carbocycles. The number of fused-ring (bicyclic) bond motifs is 3. The van der Waals surface area contributed by atoms with Gasteiger partial charge in [-0.05, 0) is 65.8 Å². The van der Waals surface area contributed by atoms with Crippen LogP contribution >= 0.6 is 0 Å². The van der Waals surface area contributed by atoms with Crippen LogP contribution in [0.15, 0.2) is 83.7 Å². The molecule has 1 heterocycles. The van der Waals surface area contributed by atoms with E-state index >= 15 is 0 Å². The first-order valence-electron chi connectivity index (χ1n) is 12.5. The quantitative estimate of drug-likeness (QED) is 0.213. The second-order valence-corrected chi connectivity index (χ2v) is 9.63. The highest BCUT2D eigenvalue weighted by Crippen LogP contribution is 2.54. The van der Waals surface area contributed by atoms with Crippen LogP contribution in [0.2, 0.25) is 0 Å². The summed E-state index contributed by atoms with van der Waals surface area (Å²) in [6.07, 6.45) is 7.14. The zero-order valence-electron chi connectivity index (χ0n) is 20.7. The minimum absolute atomic E-state index is 0.0126. The standard InChI is InChI=1S/C32H31NO2/c1-4-15-32(16-5-2)28-18-22(30(33)25-9-7-6-8-21(25)3)10-12-26(28)27-13-11-23(19-29(27)32)31(34)24-14-17-35-20-24/h6-14,17-20,33H,4-5,15-16H2,1-3H3. The van der Waals surface area contributed by atoms with Crippen LogP contribution in [-0.4, -0.2) is 11.5 Å². The molecule has 1 aliphatic rings. The Bertz CT molecular complexity index is 1410. The number of rotatable bonds is 8. The number of benzene rings is 3. The third kappa shape index (κ3) is 3.76. The molecule has 0 aliphatic heterocycles. The van der Waals surface area contributed by atoms with E-state index in [2.05, 4.69) is 57.2 Å². The number of carbonyl (C=O) groups excluding carboxylic acids is 1. The van der Waals surface area contributed by atoms with Gasteiger partial charge in [-0.15, -0.1) is 0 Å². The van der Waals surface area contributed by atoms with Crippen molar-refractivity contribution in [2.24, 2.45) is 0 Å². The molecule has 3 aromatic carbocycles. The van der Waals surface area contributed by atoms with Gasteiger partial charge in [-0.3, -0.25) is 10.2 Å². The van der Waals surface area contributed by atoms with Crippen molar-refractivity contribution in [2.75, 3.05) is 0 Å². The number of nitrogens with one attached hydrogen (secondary N) is 1. The van der Waals surface area contributed by atoms with Crippen LogP contribution in [0.5, 0.6) is 0 Å². The highest BCUT2D eigenvalue weighted by molar-refractivity contribution is 6.12. The highest BCUT2D eigenvalue weighted by atomic mass is 16.3. The van der Waals surface area contributed by atoms with Crippen LogP contribution in [0.4, 0.5) is 0 Å². The molecule has 1 N–H and O–H groups in total. The molecular weight excluding hydrogens is 430 g/mol. The predicted octanol–water partition coefficient (Wildman–Crippen LogP) is 8.10. The van der Waals surface area contributed by atoms with Gasteiger partial charge in [0.05, 0.1) is 17.5 Å². The Hall–Kier alpha value is -3.72. The first-order valence-corrected chi connectivity index (χ1v) is 12.5. The smallest absolute Gasteiger partial charge is 0.196 e. The molecule has 0 spiro atoms. The number of ketones is 1. The van der Waals surface area contributed by atoms with Crippen molar-refractivity contribution in [1.29, 1.82) is 5.41 Å². The molecule has 1 aromatic heterocycles. The zero-order chi connectivity index (χ0) is 24.6. The van der Waals surface area contributed by atoms with Crippen LogP contribution in [0.1, 0.15) is 83.3 Å². The number of carbonyl (C=O) groups is 1. The van der Waals surface area contributed by atoms with E-state index in [1.165, 1.54) is 28.5 Å². The van der Waals surface area contributed by atoms with Gasteiger partial charge in [0.1, 0.15) is 6.26 Å². The Labute approximate surface area is 207 Å². The van der Waals surface area contributed by atoms with E-state index in [9.17, 15) is 4.79 Å². The van der Waals surface area contributed by atoms with Gasteiger partial charge in [0.25, 0.3) is 0 Å². The number of hydrogen-bond acceptors (Lipinski definition) is 3. The van der Waals surface area contributed by atoms with Gasteiger partial charge in [0.2, 0.25) is 0 Å². The maximum atomic E-state index is 13.2. The van der Waals surface area contributed by atoms with Gasteiger partial charge in [-0.2, -0.15) is 0 Å². The monoisotopic (exact) mass is 461 g/mol. The van der Waals surface area contributed by atoms with Crippen LogP contribution in [-0.2, 0) is 5.41 Å². The molecule has 0 fully saturated rings. The first-order chi connectivity index (χ1) is 17.0. The van der Waals surface area contributed by atoms with Gasteiger partial charge in [0, 0.05) is 22.1 Å². The van der Waals surface area contributed by atoms with Crippen LogP contribution in [0.25, 0.3) is 11.1 Å². The molecule has 35 heavy (non-hydrogen) atoms. The lowest BCUT2D eigenvalue weighted by molar-refractivity contribution is 0.103. The van der Waals surface area contributed by atoms with Crippen molar-refractivity contribution in [2.45, 2.75) is 51.9 Å². The summed E-state index contributed by atoms with van der Waals surface area (Å²) >= 11 is 0. The van der Waals surface area contributed by atoms with Crippen molar-refractivity contribution in [3.05, 3.63) is 118 Å². The van der Waals surface area contributed by atoms with Crippen molar-refractivity contribution in [3.8, 4) is 11.1 Å². The van der Waals surface area contributed by atoms with Crippen molar-refractivity contribution < 1.29 is 9.21 Å². The second-order valence-electron chi connectivity index (χ2n) is 9.63. The summed E-state index contributed by atoms with van der Waals surface area (Å²) in [5.74, 6) is -0.0126. The molecule has 0 saturated heterocycles. The molecule has 0 radical (unpaired) electrons. The minimum atomic E-state index is -0.164. The Morgan fingerprint density at radius 1 is 0.829 bits per heavy atom. The fourth-order valence-corrected chi connectivity index (χ4v) is 5.88. The van der Waals surface area contributed by atoms with Gasteiger partial charge in [-0.1, -0.05) is 75.2 Å². The van der Waals surface area contributed by atoms with Gasteiger partial charge < -0.3 is 4.42 Å². The predicted molar refractivity (Wildman–Crippen MR) is 142 cm³/mol. The molecule has 0 bridgehead atoms. The maximum absolute atomic E-state index is 13.2. The molecule has 3 heteroatoms. The average molecular weight is 462 g/mol. The Kier molecular flexibility index (Phi) is 6.02. The lowest BCUT2D eigenvalue weighted by Gasteiger charge is -2.32. The molecule has 0 atom stereocenters. The van der Waals surface area contributed by atoms with E-state index < -0.39 is 0 Å². The summed E-state index contributed by atoms with van der Waals surface area (Å²) in [5.41, 5.74) is 9.65. The Morgan fingerprint density at radius 2 is 1.46 bits per heavy atom. The normalized spacial score (nSPS) is 13.3. The van der Waals surface area contributed by atoms with E-state index in [0.29, 0.717) is 16.8 Å². The van der Waals surface area contributed by atoms with Crippen molar-refractivity contribution in [1.82, 2.24) is 0 Å². The molecular formula is C32H31NO2. The average Bonchev–Trinajstić information content (AvgIpc) is 3.50. The fourth-order valence-electron chi connectivity index (χ4n) is 5.88. The molecule has 0 amide bonds. The van der Waals surface area contributed by atoms with E-state index in [4.69, 9.17) is 9.83 Å². The van der Waals surface area contributed by atoms with Gasteiger partial charge >= 0.3 is 0 Å². The summed E-state index contributed by atoms with van der Waals surface area (Å²) in [7, 11) is 0. The Morgan fingerprint density at radius 3 is 2.06 bits per heavy atom. The lowest BCUT2D eigenvalue weighted by atomic mass is 9.71. The second kappa shape index (κ2) is 9.14. The topological polar surface area (TPSA) is 54.1 Å². The lowest BCUT2D eigenvalue weighted by Crippen LogP contribution is -2.25. The number of hydrogen-bond donors (Lipinski definition) is 1. The van der Waals surface area contributed by atoms with E-state index in [0.717, 1.165) is 42.4 Å². The molecule has 1 aliphatic carbocycles. The van der Waals surface area contributed by atoms with Crippen LogP contribution in [0.3, 0.4) is 0 Å². The molecule has 5 rings (SSSR count). The first kappa shape index (κ1) is 23.0. The van der Waals surface area contributed by atoms with E-state index in [1.54, 1.807) is 12.3 Å². The van der Waals surface area contributed by atoms with Crippen molar-refractivity contribution in [3.63, 3.8) is 0 Å². The number of aryl methyl sites for hydroxylation is 1. The molecule has 0 unspecified atom stereocenters. The van der Waals surface area contributed by atoms with Gasteiger partial charge in [0.15, 0.2) is 5.78 Å². The van der Waals surface area contributed by atoms with E-state index in [-0.39, 0.29) is 11.2 Å². The minimum Gasteiger partial charge on any atom is -0.472 e. The SMILES string of the molecule is CCCC1(CCC)c2cc(C(=N)c3ccccc3C)ccc2-c2ccc(C(=O)c3ccoc3)cc21. The Balaban J connectivity index is 1.66. The molecule has 4 aromatic rings. The van der Waals surface area contributed by atoms with Crippen molar-refractivity contribution >= 4 is 11.5 Å². The summed E-state index contributed by atoms with van der Waals surface area (Å²) in [6.45, 7) is 6.52. The fraction of sp³-hybridized carbons (Fsp3) is 0.250. The molecule has 3 nitrogen and oxygen atoms in total. The number of furan rings is 1. The zero-order valence-corrected chi connectivity index (χ0v) is 20.7. The van der Waals surface area contributed by atoms with Gasteiger partial charge in [-0.25, -0.2) is 0 Å². The third-order valence-corrected chi connectivity index (χ3v) is 7.46.